The predicted octanol–water partition coefficient (Wildman–Crippen LogP) is 5.39. The van der Waals surface area contributed by atoms with Crippen molar-refractivity contribution < 1.29 is 13.2 Å². The molecule has 0 bridgehead atoms. The molecule has 38 heavy (non-hydrogen) atoms. The van der Waals surface area contributed by atoms with Gasteiger partial charge in [-0.3, -0.25) is 4.79 Å². The lowest BCUT2D eigenvalue weighted by Gasteiger charge is -2.35. The fourth-order valence-electron chi connectivity index (χ4n) is 4.82. The van der Waals surface area contributed by atoms with Crippen molar-refractivity contribution in [1.82, 2.24) is 14.1 Å². The molecule has 9 heteroatoms. The Balaban J connectivity index is 1.66. The van der Waals surface area contributed by atoms with Gasteiger partial charge in [0.1, 0.15) is 5.69 Å². The van der Waals surface area contributed by atoms with Crippen LogP contribution >= 0.6 is 0 Å². The number of piperazine rings is 1. The van der Waals surface area contributed by atoms with Gasteiger partial charge in [0.2, 0.25) is 15.8 Å². The van der Waals surface area contributed by atoms with E-state index < -0.39 is 10.0 Å². The summed E-state index contributed by atoms with van der Waals surface area (Å²) in [5, 5.41) is 4.44. The van der Waals surface area contributed by atoms with Crippen molar-refractivity contribution in [2.75, 3.05) is 43.4 Å². The molecule has 8 nitrogen and oxygen atoms in total. The van der Waals surface area contributed by atoms with Gasteiger partial charge in [-0.1, -0.05) is 89.8 Å². The molecule has 1 fully saturated rings. The lowest BCUT2D eigenvalue weighted by atomic mass is 10.1. The smallest absolute Gasteiger partial charge is 0.316 e. The van der Waals surface area contributed by atoms with Gasteiger partial charge in [0, 0.05) is 26.2 Å². The second kappa shape index (κ2) is 15.9. The lowest BCUT2D eigenvalue weighted by molar-refractivity contribution is 0.297. The fourth-order valence-corrected chi connectivity index (χ4v) is 6.37. The lowest BCUT2D eigenvalue weighted by Crippen LogP contribution is -2.49. The molecule has 3 rings (SSSR count). The van der Waals surface area contributed by atoms with E-state index in [9.17, 15) is 13.2 Å². The van der Waals surface area contributed by atoms with Gasteiger partial charge in [-0.2, -0.15) is 14.1 Å². The minimum absolute atomic E-state index is 0.209. The van der Waals surface area contributed by atoms with Gasteiger partial charge in [0.25, 0.3) is 0 Å². The highest BCUT2D eigenvalue weighted by molar-refractivity contribution is 7.89. The van der Waals surface area contributed by atoms with E-state index in [1.54, 1.807) is 10.5 Å². The molecular weight excluding hydrogens is 500 g/mol. The van der Waals surface area contributed by atoms with E-state index in [1.165, 1.54) is 36.8 Å². The van der Waals surface area contributed by atoms with Crippen LogP contribution in [0, 0.1) is 0 Å². The minimum Gasteiger partial charge on any atom is -0.486 e. The average Bonchev–Trinajstić information content (AvgIpc) is 2.93. The quantitative estimate of drug-likeness (QED) is 0.247. The SMILES string of the molecule is CCCCCCCCS(=O)(=O)N1CCN(c2cnn(-c3ccccc3)c(=O)c2OCCCCCCC)CC1. The van der Waals surface area contributed by atoms with Crippen LogP contribution in [-0.4, -0.2) is 61.0 Å². The van der Waals surface area contributed by atoms with E-state index in [1.807, 2.05) is 35.2 Å². The number of aromatic nitrogens is 2. The molecule has 212 valence electrons. The third kappa shape index (κ3) is 8.83. The van der Waals surface area contributed by atoms with Gasteiger partial charge in [0.05, 0.1) is 24.2 Å². The second-order valence-corrected chi connectivity index (χ2v) is 12.2. The molecule has 2 aromatic rings. The van der Waals surface area contributed by atoms with E-state index in [2.05, 4.69) is 18.9 Å². The van der Waals surface area contributed by atoms with E-state index in [0.717, 1.165) is 32.1 Å². The Morgan fingerprint density at radius 2 is 1.42 bits per heavy atom. The summed E-state index contributed by atoms with van der Waals surface area (Å²) >= 11 is 0. The van der Waals surface area contributed by atoms with Gasteiger partial charge in [0.15, 0.2) is 0 Å². The van der Waals surface area contributed by atoms with Crippen molar-refractivity contribution in [3.8, 4) is 11.4 Å². The maximum atomic E-state index is 13.5. The van der Waals surface area contributed by atoms with Crippen LogP contribution in [-0.2, 0) is 10.0 Å². The zero-order valence-electron chi connectivity index (χ0n) is 23.3. The third-order valence-electron chi connectivity index (χ3n) is 7.14. The van der Waals surface area contributed by atoms with Crippen LogP contribution in [0.15, 0.2) is 41.3 Å². The number of anilines is 1. The molecule has 0 saturated carbocycles. The van der Waals surface area contributed by atoms with Crippen molar-refractivity contribution in [3.63, 3.8) is 0 Å². The molecule has 1 aromatic carbocycles. The molecule has 0 atom stereocenters. The van der Waals surface area contributed by atoms with E-state index in [0.29, 0.717) is 56.3 Å². The predicted molar refractivity (Wildman–Crippen MR) is 155 cm³/mol. The standard InChI is InChI=1S/C29H46N4O4S/c1-3-5-7-9-11-16-24-38(35,36)32-21-19-31(20-22-32)27-25-30-33(26-17-13-12-14-18-26)29(34)28(27)37-23-15-10-8-6-4-2/h12-14,17-18,25H,3-11,15-16,19-24H2,1-2H3. The molecule has 0 radical (unpaired) electrons. The molecule has 0 unspecified atom stereocenters. The minimum atomic E-state index is -3.27. The molecule has 0 amide bonds. The van der Waals surface area contributed by atoms with Gasteiger partial charge < -0.3 is 9.64 Å². The van der Waals surface area contributed by atoms with Gasteiger partial charge in [-0.25, -0.2) is 8.42 Å². The van der Waals surface area contributed by atoms with Crippen LogP contribution < -0.4 is 15.2 Å². The Kier molecular flexibility index (Phi) is 12.6. The molecule has 2 heterocycles. The monoisotopic (exact) mass is 546 g/mol. The fraction of sp³-hybridized carbons (Fsp3) is 0.655. The van der Waals surface area contributed by atoms with Crippen molar-refractivity contribution >= 4 is 15.7 Å². The molecule has 1 saturated heterocycles. The Hall–Kier alpha value is -2.39. The number of sulfonamides is 1. The summed E-state index contributed by atoms with van der Waals surface area (Å²) in [6.45, 7) is 6.63. The first-order valence-electron chi connectivity index (χ1n) is 14.5. The van der Waals surface area contributed by atoms with Crippen LogP contribution in [0.25, 0.3) is 5.69 Å². The van der Waals surface area contributed by atoms with Crippen LogP contribution in [0.4, 0.5) is 5.69 Å². The summed E-state index contributed by atoms with van der Waals surface area (Å²) in [7, 11) is -3.27. The van der Waals surface area contributed by atoms with E-state index in [4.69, 9.17) is 4.74 Å². The zero-order valence-corrected chi connectivity index (χ0v) is 24.1. The van der Waals surface area contributed by atoms with Crippen LogP contribution in [0.2, 0.25) is 0 Å². The number of hydrogen-bond acceptors (Lipinski definition) is 6. The normalized spacial score (nSPS) is 14.6. The Morgan fingerprint density at radius 3 is 2.08 bits per heavy atom. The molecule has 1 aliphatic rings. The largest absolute Gasteiger partial charge is 0.486 e. The first kappa shape index (κ1) is 30.2. The number of para-hydroxylation sites is 1. The second-order valence-electron chi connectivity index (χ2n) is 10.1. The summed E-state index contributed by atoms with van der Waals surface area (Å²) in [6, 6.07) is 9.33. The number of unbranched alkanes of at least 4 members (excludes halogenated alkanes) is 9. The average molecular weight is 547 g/mol. The topological polar surface area (TPSA) is 84.7 Å². The number of hydrogen-bond donors (Lipinski definition) is 0. The Morgan fingerprint density at radius 1 is 0.816 bits per heavy atom. The first-order valence-corrected chi connectivity index (χ1v) is 16.1. The first-order chi connectivity index (χ1) is 18.5. The summed E-state index contributed by atoms with van der Waals surface area (Å²) in [4.78, 5) is 15.5. The van der Waals surface area contributed by atoms with Gasteiger partial charge >= 0.3 is 5.56 Å². The molecule has 1 aromatic heterocycles. The zero-order chi connectivity index (χ0) is 27.2. The maximum absolute atomic E-state index is 13.5. The summed E-state index contributed by atoms with van der Waals surface area (Å²) < 4.78 is 34.9. The van der Waals surface area contributed by atoms with Crippen LogP contribution in [0.5, 0.6) is 5.75 Å². The van der Waals surface area contributed by atoms with Gasteiger partial charge in [-0.15, -0.1) is 0 Å². The summed E-state index contributed by atoms with van der Waals surface area (Å²) in [5.41, 5.74) is 1.03. The van der Waals surface area contributed by atoms with Crippen LogP contribution in [0.3, 0.4) is 0 Å². The maximum Gasteiger partial charge on any atom is 0.316 e. The third-order valence-corrected chi connectivity index (χ3v) is 9.09. The number of ether oxygens (including phenoxy) is 1. The van der Waals surface area contributed by atoms with Gasteiger partial charge in [-0.05, 0) is 25.0 Å². The molecular formula is C29H46N4O4S. The van der Waals surface area contributed by atoms with Crippen molar-refractivity contribution in [2.24, 2.45) is 0 Å². The summed E-state index contributed by atoms with van der Waals surface area (Å²) in [5.74, 6) is 0.503. The van der Waals surface area contributed by atoms with Crippen LogP contribution in [0.1, 0.15) is 84.5 Å². The van der Waals surface area contributed by atoms with Crippen molar-refractivity contribution in [2.45, 2.75) is 84.5 Å². The molecule has 0 N–H and O–H groups in total. The highest BCUT2D eigenvalue weighted by atomic mass is 32.2. The Bertz CT molecular complexity index is 1110. The summed E-state index contributed by atoms with van der Waals surface area (Å²) in [6.07, 6.45) is 13.5. The molecule has 1 aliphatic heterocycles. The molecule has 0 spiro atoms. The number of rotatable bonds is 17. The van der Waals surface area contributed by atoms with Crippen molar-refractivity contribution in [3.05, 3.63) is 46.9 Å². The van der Waals surface area contributed by atoms with Crippen molar-refractivity contribution in [1.29, 1.82) is 0 Å². The van der Waals surface area contributed by atoms with E-state index in [-0.39, 0.29) is 11.3 Å². The number of nitrogens with zero attached hydrogens (tertiary/aromatic N) is 4. The Labute approximate surface area is 229 Å². The molecule has 0 aliphatic carbocycles. The van der Waals surface area contributed by atoms with E-state index >= 15 is 0 Å². The number of benzene rings is 1. The highest BCUT2D eigenvalue weighted by Crippen LogP contribution is 2.26. The highest BCUT2D eigenvalue weighted by Gasteiger charge is 2.29.